The van der Waals surface area contributed by atoms with Gasteiger partial charge in [-0.05, 0) is 61.0 Å². The molecule has 34 heavy (non-hydrogen) atoms. The van der Waals surface area contributed by atoms with E-state index >= 15 is 0 Å². The van der Waals surface area contributed by atoms with Crippen molar-refractivity contribution in [1.29, 1.82) is 0 Å². The number of carbonyl (C=O) groups excluding carboxylic acids is 1. The van der Waals surface area contributed by atoms with Gasteiger partial charge in [-0.25, -0.2) is 10.4 Å². The molecule has 0 unspecified atom stereocenters. The first-order valence-corrected chi connectivity index (χ1v) is 11.7. The van der Waals surface area contributed by atoms with Crippen LogP contribution in [0.4, 0.5) is 0 Å². The molecular formula is C25H21ClN4O3S. The lowest BCUT2D eigenvalue weighted by Gasteiger charge is -2.13. The third-order valence-corrected chi connectivity index (χ3v) is 6.21. The first-order valence-electron chi connectivity index (χ1n) is 10.3. The van der Waals surface area contributed by atoms with Crippen LogP contribution in [-0.2, 0) is 4.79 Å². The van der Waals surface area contributed by atoms with Crippen molar-refractivity contribution in [3.05, 3.63) is 93.7 Å². The molecule has 172 valence electrons. The Balaban J connectivity index is 1.58. The van der Waals surface area contributed by atoms with E-state index in [2.05, 4.69) is 15.5 Å². The second-order valence-electron chi connectivity index (χ2n) is 7.28. The molecule has 1 heterocycles. The molecular weight excluding hydrogens is 472 g/mol. The number of hydrogen-bond donors (Lipinski definition) is 1. The van der Waals surface area contributed by atoms with Crippen LogP contribution in [0.5, 0.6) is 5.75 Å². The van der Waals surface area contributed by atoms with E-state index in [1.165, 1.54) is 4.57 Å². The van der Waals surface area contributed by atoms with E-state index in [0.717, 1.165) is 17.3 Å². The Bertz CT molecular complexity index is 1420. The molecule has 0 atom stereocenters. The van der Waals surface area contributed by atoms with Crippen molar-refractivity contribution in [2.45, 2.75) is 12.1 Å². The minimum Gasteiger partial charge on any atom is -0.497 e. The number of methoxy groups -OCH3 is 1. The van der Waals surface area contributed by atoms with Gasteiger partial charge in [-0.1, -0.05) is 47.6 Å². The molecule has 0 fully saturated rings. The molecule has 1 N–H and O–H groups in total. The van der Waals surface area contributed by atoms with Crippen LogP contribution < -0.4 is 15.7 Å². The topological polar surface area (TPSA) is 85.6 Å². The molecule has 9 heteroatoms. The van der Waals surface area contributed by atoms with Gasteiger partial charge >= 0.3 is 0 Å². The van der Waals surface area contributed by atoms with Crippen molar-refractivity contribution in [2.75, 3.05) is 12.9 Å². The van der Waals surface area contributed by atoms with Crippen molar-refractivity contribution in [1.82, 2.24) is 15.0 Å². The van der Waals surface area contributed by atoms with Gasteiger partial charge in [0.1, 0.15) is 5.75 Å². The van der Waals surface area contributed by atoms with Gasteiger partial charge in [0.25, 0.3) is 11.5 Å². The van der Waals surface area contributed by atoms with Crippen LogP contribution in [-0.4, -0.2) is 34.0 Å². The van der Waals surface area contributed by atoms with Crippen molar-refractivity contribution in [2.24, 2.45) is 5.10 Å². The lowest BCUT2D eigenvalue weighted by atomic mass is 10.1. The average Bonchev–Trinajstić information content (AvgIpc) is 2.86. The van der Waals surface area contributed by atoms with E-state index in [1.807, 2.05) is 18.2 Å². The number of benzene rings is 3. The number of thioether (sulfide) groups is 1. The van der Waals surface area contributed by atoms with Crippen LogP contribution in [0.2, 0.25) is 5.02 Å². The number of rotatable bonds is 7. The summed E-state index contributed by atoms with van der Waals surface area (Å²) in [5.74, 6) is 0.383. The number of nitrogens with one attached hydrogen (secondary N) is 1. The largest absolute Gasteiger partial charge is 0.497 e. The monoisotopic (exact) mass is 492 g/mol. The summed E-state index contributed by atoms with van der Waals surface area (Å²) in [5, 5.41) is 5.69. The fraction of sp³-hybridized carbons (Fsp3) is 0.120. The average molecular weight is 493 g/mol. The van der Waals surface area contributed by atoms with Gasteiger partial charge in [0.2, 0.25) is 0 Å². The van der Waals surface area contributed by atoms with Crippen LogP contribution >= 0.6 is 23.4 Å². The second kappa shape index (κ2) is 10.5. The summed E-state index contributed by atoms with van der Waals surface area (Å²) in [7, 11) is 1.58. The first kappa shape index (κ1) is 23.5. The smallest absolute Gasteiger partial charge is 0.266 e. The molecule has 0 saturated heterocycles. The fourth-order valence-corrected chi connectivity index (χ4v) is 4.16. The second-order valence-corrected chi connectivity index (χ2v) is 8.66. The molecule has 1 aromatic heterocycles. The maximum absolute atomic E-state index is 13.3. The molecule has 4 aromatic rings. The molecule has 3 aromatic carbocycles. The Labute approximate surface area is 205 Å². The number of carbonyl (C=O) groups is 1. The third kappa shape index (κ3) is 5.30. The fourth-order valence-electron chi connectivity index (χ4n) is 3.23. The first-order chi connectivity index (χ1) is 16.5. The quantitative estimate of drug-likeness (QED) is 0.175. The minimum atomic E-state index is -0.318. The van der Waals surface area contributed by atoms with Gasteiger partial charge in [-0.3, -0.25) is 14.2 Å². The lowest BCUT2D eigenvalue weighted by molar-refractivity contribution is -0.118. The molecule has 0 radical (unpaired) electrons. The Hall–Kier alpha value is -3.62. The number of ether oxygens (including phenoxy) is 1. The summed E-state index contributed by atoms with van der Waals surface area (Å²) in [6.07, 6.45) is 0. The zero-order valence-electron chi connectivity index (χ0n) is 18.5. The highest BCUT2D eigenvalue weighted by atomic mass is 35.5. The van der Waals surface area contributed by atoms with Crippen molar-refractivity contribution in [3.63, 3.8) is 0 Å². The van der Waals surface area contributed by atoms with E-state index in [0.29, 0.717) is 38.2 Å². The molecule has 0 aliphatic carbocycles. The van der Waals surface area contributed by atoms with Crippen LogP contribution in [0.15, 0.2) is 87.8 Å². The van der Waals surface area contributed by atoms with Crippen LogP contribution in [0.25, 0.3) is 16.6 Å². The van der Waals surface area contributed by atoms with E-state index in [1.54, 1.807) is 68.6 Å². The highest BCUT2D eigenvalue weighted by Crippen LogP contribution is 2.22. The zero-order chi connectivity index (χ0) is 24.1. The summed E-state index contributed by atoms with van der Waals surface area (Å²) in [6, 6.07) is 21.4. The van der Waals surface area contributed by atoms with Gasteiger partial charge in [-0.2, -0.15) is 5.10 Å². The summed E-state index contributed by atoms with van der Waals surface area (Å²) >= 11 is 7.07. The summed E-state index contributed by atoms with van der Waals surface area (Å²) in [6.45, 7) is 1.79. The summed E-state index contributed by atoms with van der Waals surface area (Å²) in [4.78, 5) is 30.4. The number of para-hydroxylation sites is 1. The number of nitrogens with zero attached hydrogens (tertiary/aromatic N) is 3. The SMILES string of the molecule is COc1ccc(-n2c(SCC(=O)N/N=C(\C)c3ccc(Cl)cc3)nc3ccccc3c2=O)cc1. The normalized spacial score (nSPS) is 11.4. The van der Waals surface area contributed by atoms with Gasteiger partial charge < -0.3 is 4.74 Å². The number of fused-ring (bicyclic) bond motifs is 1. The Kier molecular flexibility index (Phi) is 7.30. The van der Waals surface area contributed by atoms with Gasteiger partial charge in [-0.15, -0.1) is 0 Å². The van der Waals surface area contributed by atoms with E-state index in [9.17, 15) is 9.59 Å². The number of hydrazone groups is 1. The lowest BCUT2D eigenvalue weighted by Crippen LogP contribution is -2.24. The third-order valence-electron chi connectivity index (χ3n) is 5.02. The van der Waals surface area contributed by atoms with Gasteiger partial charge in [0.15, 0.2) is 5.16 Å². The van der Waals surface area contributed by atoms with Gasteiger partial charge in [0, 0.05) is 5.02 Å². The number of halogens is 1. The van der Waals surface area contributed by atoms with E-state index in [-0.39, 0.29) is 17.2 Å². The van der Waals surface area contributed by atoms with Crippen molar-refractivity contribution >= 4 is 45.9 Å². The zero-order valence-corrected chi connectivity index (χ0v) is 20.1. The molecule has 0 bridgehead atoms. The van der Waals surface area contributed by atoms with E-state index < -0.39 is 0 Å². The van der Waals surface area contributed by atoms with Crippen LogP contribution in [0.3, 0.4) is 0 Å². The van der Waals surface area contributed by atoms with E-state index in [4.69, 9.17) is 16.3 Å². The Morgan fingerprint density at radius 1 is 1.09 bits per heavy atom. The summed E-state index contributed by atoms with van der Waals surface area (Å²) in [5.41, 5.74) is 5.03. The molecule has 0 aliphatic rings. The maximum atomic E-state index is 13.3. The molecule has 7 nitrogen and oxygen atoms in total. The van der Waals surface area contributed by atoms with Gasteiger partial charge in [0.05, 0.1) is 35.2 Å². The molecule has 4 rings (SSSR count). The molecule has 0 aliphatic heterocycles. The summed E-state index contributed by atoms with van der Waals surface area (Å²) < 4.78 is 6.72. The number of hydrogen-bond acceptors (Lipinski definition) is 6. The predicted octanol–water partition coefficient (Wildman–Crippen LogP) is 4.68. The van der Waals surface area contributed by atoms with Crippen molar-refractivity contribution in [3.8, 4) is 11.4 Å². The Morgan fingerprint density at radius 3 is 2.50 bits per heavy atom. The highest BCUT2D eigenvalue weighted by Gasteiger charge is 2.15. The highest BCUT2D eigenvalue weighted by molar-refractivity contribution is 7.99. The van der Waals surface area contributed by atoms with Crippen molar-refractivity contribution < 1.29 is 9.53 Å². The molecule has 1 amide bonds. The Morgan fingerprint density at radius 2 is 1.79 bits per heavy atom. The van der Waals surface area contributed by atoms with Crippen LogP contribution in [0.1, 0.15) is 12.5 Å². The predicted molar refractivity (Wildman–Crippen MR) is 136 cm³/mol. The molecule has 0 saturated carbocycles. The standard InChI is InChI=1S/C25H21ClN4O3S/c1-16(17-7-9-18(26)10-8-17)28-29-23(31)15-34-25-27-22-6-4-3-5-21(22)24(32)30(25)19-11-13-20(33-2)14-12-19/h3-14H,15H2,1-2H3,(H,29,31)/b28-16+. The minimum absolute atomic E-state index is 0.0261. The number of aromatic nitrogens is 2. The van der Waals surface area contributed by atoms with Crippen LogP contribution in [0, 0.1) is 0 Å². The number of amides is 1. The maximum Gasteiger partial charge on any atom is 0.266 e. The molecule has 0 spiro atoms.